The standard InChI is InChI=1S/C13H14F2O2/c1-2-3-9-7-16-13(17-8-9)10-4-5-11(14)12(15)6-10/h2,4-6,9,13H,1,3,7-8H2/t9-,13+. The topological polar surface area (TPSA) is 18.5 Å². The van der Waals surface area contributed by atoms with Gasteiger partial charge in [0, 0.05) is 11.5 Å². The van der Waals surface area contributed by atoms with Crippen molar-refractivity contribution < 1.29 is 18.3 Å². The van der Waals surface area contributed by atoms with E-state index >= 15 is 0 Å². The Morgan fingerprint density at radius 3 is 2.53 bits per heavy atom. The van der Waals surface area contributed by atoms with Crippen molar-refractivity contribution in [2.75, 3.05) is 13.2 Å². The smallest absolute Gasteiger partial charge is 0.183 e. The number of benzene rings is 1. The summed E-state index contributed by atoms with van der Waals surface area (Å²) in [5.41, 5.74) is 0.501. The molecule has 92 valence electrons. The van der Waals surface area contributed by atoms with Crippen molar-refractivity contribution in [3.05, 3.63) is 48.1 Å². The SMILES string of the molecule is C=CC[C@H]1CO[C@@H](c2ccc(F)c(F)c2)OC1. The first-order valence-corrected chi connectivity index (χ1v) is 5.49. The number of rotatable bonds is 3. The minimum absolute atomic E-state index is 0.286. The van der Waals surface area contributed by atoms with Gasteiger partial charge in [-0.15, -0.1) is 6.58 Å². The number of ether oxygens (including phenoxy) is 2. The van der Waals surface area contributed by atoms with Gasteiger partial charge in [0.15, 0.2) is 17.9 Å². The zero-order valence-corrected chi connectivity index (χ0v) is 9.36. The molecule has 1 aliphatic heterocycles. The van der Waals surface area contributed by atoms with Gasteiger partial charge < -0.3 is 9.47 Å². The Kier molecular flexibility index (Phi) is 3.86. The van der Waals surface area contributed by atoms with Crippen LogP contribution in [-0.2, 0) is 9.47 Å². The Labute approximate surface area is 98.8 Å². The van der Waals surface area contributed by atoms with Crippen LogP contribution in [0.25, 0.3) is 0 Å². The predicted molar refractivity (Wildman–Crippen MR) is 59.3 cm³/mol. The second-order valence-electron chi connectivity index (χ2n) is 4.06. The molecule has 1 heterocycles. The third kappa shape index (κ3) is 2.90. The second-order valence-corrected chi connectivity index (χ2v) is 4.06. The van der Waals surface area contributed by atoms with Gasteiger partial charge in [0.05, 0.1) is 13.2 Å². The first kappa shape index (κ1) is 12.2. The maximum Gasteiger partial charge on any atom is 0.183 e. The Morgan fingerprint density at radius 1 is 1.24 bits per heavy atom. The summed E-state index contributed by atoms with van der Waals surface area (Å²) in [5.74, 6) is -1.47. The lowest BCUT2D eigenvalue weighted by Gasteiger charge is -2.29. The monoisotopic (exact) mass is 240 g/mol. The fraction of sp³-hybridized carbons (Fsp3) is 0.385. The minimum atomic E-state index is -0.886. The molecule has 0 aliphatic carbocycles. The van der Waals surface area contributed by atoms with Crippen LogP contribution in [0.15, 0.2) is 30.9 Å². The van der Waals surface area contributed by atoms with Crippen LogP contribution in [0.1, 0.15) is 18.3 Å². The predicted octanol–water partition coefficient (Wildman–Crippen LogP) is 3.20. The summed E-state index contributed by atoms with van der Waals surface area (Å²) >= 11 is 0. The van der Waals surface area contributed by atoms with Crippen LogP contribution in [0.3, 0.4) is 0 Å². The Hall–Kier alpha value is -1.26. The molecule has 0 bridgehead atoms. The van der Waals surface area contributed by atoms with E-state index in [0.717, 1.165) is 18.6 Å². The van der Waals surface area contributed by atoms with Crippen LogP contribution < -0.4 is 0 Å². The van der Waals surface area contributed by atoms with Gasteiger partial charge in [-0.2, -0.15) is 0 Å². The first-order chi connectivity index (χ1) is 8.20. The number of halogens is 2. The van der Waals surface area contributed by atoms with Crippen molar-refractivity contribution in [3.63, 3.8) is 0 Å². The third-order valence-corrected chi connectivity index (χ3v) is 2.68. The Bertz CT molecular complexity index is 398. The molecular formula is C13H14F2O2. The van der Waals surface area contributed by atoms with E-state index in [4.69, 9.17) is 9.47 Å². The van der Waals surface area contributed by atoms with Crippen molar-refractivity contribution in [1.29, 1.82) is 0 Å². The van der Waals surface area contributed by atoms with Crippen molar-refractivity contribution >= 4 is 0 Å². The number of hydrogen-bond acceptors (Lipinski definition) is 2. The maximum atomic E-state index is 13.0. The summed E-state index contributed by atoms with van der Waals surface area (Å²) in [7, 11) is 0. The molecule has 2 rings (SSSR count). The Balaban J connectivity index is 2.00. The summed E-state index contributed by atoms with van der Waals surface area (Å²) in [6.45, 7) is 4.73. The molecule has 0 atom stereocenters. The van der Waals surface area contributed by atoms with Crippen LogP contribution in [0.4, 0.5) is 8.78 Å². The average molecular weight is 240 g/mol. The summed E-state index contributed by atoms with van der Waals surface area (Å²) in [6, 6.07) is 3.65. The minimum Gasteiger partial charge on any atom is -0.348 e. The zero-order valence-electron chi connectivity index (χ0n) is 9.36. The second kappa shape index (κ2) is 5.38. The molecule has 17 heavy (non-hydrogen) atoms. The zero-order chi connectivity index (χ0) is 12.3. The van der Waals surface area contributed by atoms with E-state index in [0.29, 0.717) is 18.8 Å². The van der Waals surface area contributed by atoms with Crippen molar-refractivity contribution in [1.82, 2.24) is 0 Å². The van der Waals surface area contributed by atoms with E-state index in [1.165, 1.54) is 6.07 Å². The summed E-state index contributed by atoms with van der Waals surface area (Å²) in [4.78, 5) is 0. The Morgan fingerprint density at radius 2 is 1.94 bits per heavy atom. The third-order valence-electron chi connectivity index (χ3n) is 2.68. The van der Waals surface area contributed by atoms with Gasteiger partial charge in [-0.25, -0.2) is 8.78 Å². The van der Waals surface area contributed by atoms with Gasteiger partial charge in [-0.05, 0) is 18.6 Å². The highest BCUT2D eigenvalue weighted by molar-refractivity contribution is 5.19. The molecule has 0 spiro atoms. The van der Waals surface area contributed by atoms with Crippen LogP contribution in [0.2, 0.25) is 0 Å². The van der Waals surface area contributed by atoms with Crippen molar-refractivity contribution in [2.24, 2.45) is 5.92 Å². The van der Waals surface area contributed by atoms with E-state index in [9.17, 15) is 8.78 Å². The molecule has 1 aromatic rings. The van der Waals surface area contributed by atoms with Gasteiger partial charge in [-0.1, -0.05) is 12.1 Å². The average Bonchev–Trinajstić information content (AvgIpc) is 2.34. The molecule has 1 saturated heterocycles. The van der Waals surface area contributed by atoms with Crippen LogP contribution in [0, 0.1) is 17.6 Å². The molecule has 0 radical (unpaired) electrons. The van der Waals surface area contributed by atoms with E-state index in [2.05, 4.69) is 6.58 Å². The van der Waals surface area contributed by atoms with E-state index < -0.39 is 17.9 Å². The van der Waals surface area contributed by atoms with Gasteiger partial charge in [-0.3, -0.25) is 0 Å². The van der Waals surface area contributed by atoms with E-state index in [1.54, 1.807) is 0 Å². The number of hydrogen-bond donors (Lipinski definition) is 0. The fourth-order valence-corrected chi connectivity index (χ4v) is 1.77. The highest BCUT2D eigenvalue weighted by atomic mass is 19.2. The summed E-state index contributed by atoms with van der Waals surface area (Å²) in [5, 5.41) is 0. The van der Waals surface area contributed by atoms with Gasteiger partial charge >= 0.3 is 0 Å². The molecule has 0 saturated carbocycles. The molecule has 1 aliphatic rings. The molecule has 2 nitrogen and oxygen atoms in total. The summed E-state index contributed by atoms with van der Waals surface area (Å²) in [6.07, 6.45) is 2.03. The van der Waals surface area contributed by atoms with Crippen LogP contribution >= 0.6 is 0 Å². The van der Waals surface area contributed by atoms with Crippen LogP contribution in [-0.4, -0.2) is 13.2 Å². The molecule has 0 amide bonds. The molecule has 1 aromatic carbocycles. The lowest BCUT2D eigenvalue weighted by Crippen LogP contribution is -2.26. The lowest BCUT2D eigenvalue weighted by atomic mass is 10.1. The van der Waals surface area contributed by atoms with Gasteiger partial charge in [0.25, 0.3) is 0 Å². The molecule has 4 heteroatoms. The molecule has 0 aromatic heterocycles. The molecule has 0 unspecified atom stereocenters. The fourth-order valence-electron chi connectivity index (χ4n) is 1.77. The maximum absolute atomic E-state index is 13.0. The van der Waals surface area contributed by atoms with Crippen LogP contribution in [0.5, 0.6) is 0 Å². The quantitative estimate of drug-likeness (QED) is 0.755. The van der Waals surface area contributed by atoms with E-state index in [-0.39, 0.29) is 5.92 Å². The van der Waals surface area contributed by atoms with Gasteiger partial charge in [0.2, 0.25) is 0 Å². The molecule has 0 N–H and O–H groups in total. The first-order valence-electron chi connectivity index (χ1n) is 5.49. The normalized spacial score (nSPS) is 24.6. The van der Waals surface area contributed by atoms with Crippen molar-refractivity contribution in [3.8, 4) is 0 Å². The van der Waals surface area contributed by atoms with E-state index in [1.807, 2.05) is 6.08 Å². The lowest BCUT2D eigenvalue weighted by molar-refractivity contribution is -0.204. The molecular weight excluding hydrogens is 226 g/mol. The highest BCUT2D eigenvalue weighted by Crippen LogP contribution is 2.27. The van der Waals surface area contributed by atoms with Crippen molar-refractivity contribution in [2.45, 2.75) is 12.7 Å². The highest BCUT2D eigenvalue weighted by Gasteiger charge is 2.23. The number of allylic oxidation sites excluding steroid dienone is 1. The van der Waals surface area contributed by atoms with Gasteiger partial charge in [0.1, 0.15) is 0 Å². The summed E-state index contributed by atoms with van der Waals surface area (Å²) < 4.78 is 36.7. The largest absolute Gasteiger partial charge is 0.348 e. The molecule has 1 fully saturated rings.